The highest BCUT2D eigenvalue weighted by molar-refractivity contribution is 6.15. The lowest BCUT2D eigenvalue weighted by Crippen LogP contribution is -2.15. The quantitative estimate of drug-likeness (QED) is 0.391. The standard InChI is InChI=1S/C26H23N5O3/c1-15(2)31-25-19(14-28-31)18(26(32)30-21-5-3-4-20-17(21)8-9-27-20)13-22(29-25)16-6-7-23-24(12-16)34-11-10-33-23/h3-9,12-15,27H,10-11H2,1-2H3,(H,30,32). The molecule has 0 fully saturated rings. The van der Waals surface area contributed by atoms with Crippen molar-refractivity contribution in [1.29, 1.82) is 0 Å². The van der Waals surface area contributed by atoms with Gasteiger partial charge < -0.3 is 19.8 Å². The predicted octanol–water partition coefficient (Wildman–Crippen LogP) is 5.18. The Morgan fingerprint density at radius 3 is 2.76 bits per heavy atom. The molecule has 0 unspecified atom stereocenters. The van der Waals surface area contributed by atoms with E-state index >= 15 is 0 Å². The lowest BCUT2D eigenvalue weighted by Gasteiger charge is -2.19. The van der Waals surface area contributed by atoms with Gasteiger partial charge in [-0.05, 0) is 56.3 Å². The summed E-state index contributed by atoms with van der Waals surface area (Å²) in [7, 11) is 0. The van der Waals surface area contributed by atoms with Gasteiger partial charge in [0, 0.05) is 28.7 Å². The summed E-state index contributed by atoms with van der Waals surface area (Å²) in [6, 6.07) is 15.3. The van der Waals surface area contributed by atoms with Crippen LogP contribution in [0, 0.1) is 0 Å². The molecule has 0 atom stereocenters. The van der Waals surface area contributed by atoms with Crippen molar-refractivity contribution < 1.29 is 14.3 Å². The number of anilines is 1. The average molecular weight is 454 g/mol. The van der Waals surface area contributed by atoms with Crippen LogP contribution in [0.5, 0.6) is 11.5 Å². The van der Waals surface area contributed by atoms with Crippen LogP contribution in [0.1, 0.15) is 30.2 Å². The molecule has 4 heterocycles. The molecule has 0 saturated carbocycles. The summed E-state index contributed by atoms with van der Waals surface area (Å²) in [5.74, 6) is 1.16. The zero-order chi connectivity index (χ0) is 23.2. The molecule has 2 aromatic carbocycles. The van der Waals surface area contributed by atoms with Crippen molar-refractivity contribution in [3.05, 3.63) is 66.5 Å². The molecule has 1 aliphatic rings. The molecule has 1 aliphatic heterocycles. The molecule has 1 amide bonds. The number of benzene rings is 2. The van der Waals surface area contributed by atoms with Gasteiger partial charge in [-0.3, -0.25) is 4.79 Å². The van der Waals surface area contributed by atoms with Crippen molar-refractivity contribution in [3.63, 3.8) is 0 Å². The summed E-state index contributed by atoms with van der Waals surface area (Å²) in [6.45, 7) is 5.11. The number of aromatic nitrogens is 4. The first-order valence-electron chi connectivity index (χ1n) is 11.2. The van der Waals surface area contributed by atoms with Gasteiger partial charge in [-0.2, -0.15) is 5.10 Å². The molecule has 170 valence electrons. The lowest BCUT2D eigenvalue weighted by molar-refractivity contribution is 0.102. The molecule has 8 heteroatoms. The van der Waals surface area contributed by atoms with Gasteiger partial charge in [0.15, 0.2) is 17.1 Å². The van der Waals surface area contributed by atoms with Crippen LogP contribution in [-0.2, 0) is 0 Å². The number of fused-ring (bicyclic) bond motifs is 3. The number of hydrogen-bond acceptors (Lipinski definition) is 5. The second kappa shape index (κ2) is 7.91. The zero-order valence-electron chi connectivity index (χ0n) is 18.8. The maximum absolute atomic E-state index is 13.6. The van der Waals surface area contributed by atoms with E-state index in [9.17, 15) is 4.79 Å². The van der Waals surface area contributed by atoms with E-state index in [1.165, 1.54) is 0 Å². The summed E-state index contributed by atoms with van der Waals surface area (Å²) in [4.78, 5) is 21.6. The van der Waals surface area contributed by atoms with Crippen LogP contribution in [0.3, 0.4) is 0 Å². The van der Waals surface area contributed by atoms with Gasteiger partial charge in [0.1, 0.15) is 13.2 Å². The van der Waals surface area contributed by atoms with Crippen molar-refractivity contribution in [2.75, 3.05) is 18.5 Å². The summed E-state index contributed by atoms with van der Waals surface area (Å²) in [5.41, 5.74) is 4.37. The fourth-order valence-electron chi connectivity index (χ4n) is 4.32. The number of ether oxygens (including phenoxy) is 2. The van der Waals surface area contributed by atoms with Crippen LogP contribution in [0.15, 0.2) is 60.9 Å². The Labute approximate surface area is 195 Å². The van der Waals surface area contributed by atoms with Crippen molar-refractivity contribution in [2.45, 2.75) is 19.9 Å². The van der Waals surface area contributed by atoms with E-state index in [1.54, 1.807) is 6.20 Å². The van der Waals surface area contributed by atoms with Gasteiger partial charge in [0.25, 0.3) is 5.91 Å². The van der Waals surface area contributed by atoms with E-state index in [0.29, 0.717) is 47.0 Å². The molecule has 0 spiro atoms. The zero-order valence-corrected chi connectivity index (χ0v) is 18.8. The summed E-state index contributed by atoms with van der Waals surface area (Å²) in [5, 5.41) is 9.25. The number of carbonyl (C=O) groups excluding carboxylic acids is 1. The van der Waals surface area contributed by atoms with Gasteiger partial charge in [-0.25, -0.2) is 9.67 Å². The number of hydrogen-bond donors (Lipinski definition) is 2. The Hall–Kier alpha value is -4.33. The summed E-state index contributed by atoms with van der Waals surface area (Å²) < 4.78 is 13.2. The van der Waals surface area contributed by atoms with Crippen molar-refractivity contribution >= 4 is 33.5 Å². The molecule has 0 saturated heterocycles. The van der Waals surface area contributed by atoms with Crippen molar-refractivity contribution in [2.24, 2.45) is 0 Å². The highest BCUT2D eigenvalue weighted by Gasteiger charge is 2.20. The number of nitrogens with zero attached hydrogens (tertiary/aromatic N) is 3. The average Bonchev–Trinajstić information content (AvgIpc) is 3.51. The lowest BCUT2D eigenvalue weighted by atomic mass is 10.1. The molecule has 5 aromatic rings. The fraction of sp³-hybridized carbons (Fsp3) is 0.192. The van der Waals surface area contributed by atoms with E-state index in [4.69, 9.17) is 14.5 Å². The minimum atomic E-state index is -0.219. The number of pyridine rings is 1. The highest BCUT2D eigenvalue weighted by atomic mass is 16.6. The Bertz CT molecular complexity index is 1550. The third-order valence-corrected chi connectivity index (χ3v) is 5.98. The van der Waals surface area contributed by atoms with Crippen LogP contribution in [0.25, 0.3) is 33.2 Å². The highest BCUT2D eigenvalue weighted by Crippen LogP contribution is 2.35. The van der Waals surface area contributed by atoms with E-state index < -0.39 is 0 Å². The molecule has 2 N–H and O–H groups in total. The van der Waals surface area contributed by atoms with E-state index in [1.807, 2.05) is 73.3 Å². The molecule has 6 rings (SSSR count). The van der Waals surface area contributed by atoms with E-state index in [0.717, 1.165) is 22.2 Å². The second-order valence-corrected chi connectivity index (χ2v) is 8.53. The van der Waals surface area contributed by atoms with Crippen molar-refractivity contribution in [3.8, 4) is 22.8 Å². The fourth-order valence-corrected chi connectivity index (χ4v) is 4.32. The van der Waals surface area contributed by atoms with Crippen LogP contribution in [0.2, 0.25) is 0 Å². The van der Waals surface area contributed by atoms with Crippen LogP contribution < -0.4 is 14.8 Å². The molecule has 34 heavy (non-hydrogen) atoms. The predicted molar refractivity (Wildman–Crippen MR) is 131 cm³/mol. The number of aromatic amines is 1. The second-order valence-electron chi connectivity index (χ2n) is 8.53. The molecule has 3 aromatic heterocycles. The number of H-pyrrole nitrogens is 1. The summed E-state index contributed by atoms with van der Waals surface area (Å²) >= 11 is 0. The molecular formula is C26H23N5O3. The van der Waals surface area contributed by atoms with Crippen LogP contribution >= 0.6 is 0 Å². The number of rotatable bonds is 4. The first-order chi connectivity index (χ1) is 16.6. The monoisotopic (exact) mass is 453 g/mol. The van der Waals surface area contributed by atoms with E-state index in [2.05, 4.69) is 15.4 Å². The molecule has 0 bridgehead atoms. The normalized spacial score (nSPS) is 13.0. The topological polar surface area (TPSA) is 94.1 Å². The van der Waals surface area contributed by atoms with Crippen molar-refractivity contribution in [1.82, 2.24) is 19.7 Å². The number of amides is 1. The third kappa shape index (κ3) is 3.35. The minimum absolute atomic E-state index is 0.0880. The van der Waals surface area contributed by atoms with E-state index in [-0.39, 0.29) is 11.9 Å². The Balaban J connectivity index is 1.48. The largest absolute Gasteiger partial charge is 0.486 e. The minimum Gasteiger partial charge on any atom is -0.486 e. The van der Waals surface area contributed by atoms with Crippen LogP contribution in [-0.4, -0.2) is 38.9 Å². The number of nitrogens with one attached hydrogen (secondary N) is 2. The first kappa shape index (κ1) is 20.3. The third-order valence-electron chi connectivity index (χ3n) is 5.98. The van der Waals surface area contributed by atoms with Gasteiger partial charge >= 0.3 is 0 Å². The maximum atomic E-state index is 13.6. The number of carbonyl (C=O) groups is 1. The molecule has 8 nitrogen and oxygen atoms in total. The molecule has 0 radical (unpaired) electrons. The maximum Gasteiger partial charge on any atom is 0.256 e. The molecule has 0 aliphatic carbocycles. The van der Waals surface area contributed by atoms with Gasteiger partial charge in [0.2, 0.25) is 0 Å². The SMILES string of the molecule is CC(C)n1ncc2c(C(=O)Nc3cccc4[nH]ccc34)cc(-c3ccc4c(c3)OCCO4)nc21. The van der Waals surface area contributed by atoms with Crippen LogP contribution in [0.4, 0.5) is 5.69 Å². The Morgan fingerprint density at radius 2 is 1.91 bits per heavy atom. The summed E-state index contributed by atoms with van der Waals surface area (Å²) in [6.07, 6.45) is 3.57. The first-order valence-corrected chi connectivity index (χ1v) is 11.2. The van der Waals surface area contributed by atoms with Gasteiger partial charge in [0.05, 0.1) is 28.5 Å². The van der Waals surface area contributed by atoms with Gasteiger partial charge in [-0.1, -0.05) is 6.07 Å². The Morgan fingerprint density at radius 1 is 1.06 bits per heavy atom. The smallest absolute Gasteiger partial charge is 0.256 e. The molecular weight excluding hydrogens is 430 g/mol. The Kier molecular flexibility index (Phi) is 4.72. The van der Waals surface area contributed by atoms with Gasteiger partial charge in [-0.15, -0.1) is 0 Å².